The van der Waals surface area contributed by atoms with Gasteiger partial charge in [0, 0.05) is 6.54 Å². The van der Waals surface area contributed by atoms with E-state index in [0.29, 0.717) is 11.9 Å². The number of nitrogens with one attached hydrogen (secondary N) is 1. The summed E-state index contributed by atoms with van der Waals surface area (Å²) in [6.07, 6.45) is 5.74. The van der Waals surface area contributed by atoms with Crippen molar-refractivity contribution in [3.63, 3.8) is 0 Å². The van der Waals surface area contributed by atoms with Gasteiger partial charge in [0.25, 0.3) is 5.56 Å². The van der Waals surface area contributed by atoms with Crippen molar-refractivity contribution in [2.45, 2.75) is 39.0 Å². The van der Waals surface area contributed by atoms with E-state index in [2.05, 4.69) is 12.2 Å². The van der Waals surface area contributed by atoms with Crippen LogP contribution >= 0.6 is 11.5 Å². The number of amides is 1. The maximum atomic E-state index is 12.1. The van der Waals surface area contributed by atoms with Crippen molar-refractivity contribution in [3.05, 3.63) is 34.6 Å². The Morgan fingerprint density at radius 2 is 1.95 bits per heavy atom. The molecule has 1 N–H and O–H groups in total. The van der Waals surface area contributed by atoms with E-state index in [0.717, 1.165) is 17.5 Å². The summed E-state index contributed by atoms with van der Waals surface area (Å²) >= 11 is 1.20. The first-order valence-electron chi connectivity index (χ1n) is 7.13. The zero-order chi connectivity index (χ0) is 14.4. The van der Waals surface area contributed by atoms with E-state index in [9.17, 15) is 9.59 Å². The minimum Gasteiger partial charge on any atom is -0.337 e. The summed E-state index contributed by atoms with van der Waals surface area (Å²) in [6.45, 7) is 2.80. The molecule has 0 atom stereocenters. The lowest BCUT2D eigenvalue weighted by Gasteiger charge is -2.03. The van der Waals surface area contributed by atoms with E-state index in [1.807, 2.05) is 18.2 Å². The lowest BCUT2D eigenvalue weighted by atomic mass is 10.1. The SMILES string of the molecule is CCCCCCCNC(=O)n1sc2ccccc2c1=O. The lowest BCUT2D eigenvalue weighted by Crippen LogP contribution is -2.33. The number of rotatable bonds is 6. The van der Waals surface area contributed by atoms with Gasteiger partial charge < -0.3 is 5.32 Å². The van der Waals surface area contributed by atoms with Crippen LogP contribution in [0.1, 0.15) is 39.0 Å². The van der Waals surface area contributed by atoms with Gasteiger partial charge in [0.2, 0.25) is 0 Å². The Morgan fingerprint density at radius 3 is 2.70 bits per heavy atom. The summed E-state index contributed by atoms with van der Waals surface area (Å²) in [6, 6.07) is 6.98. The average Bonchev–Trinajstić information content (AvgIpc) is 2.80. The van der Waals surface area contributed by atoms with Crippen LogP contribution in [0.3, 0.4) is 0 Å². The fourth-order valence-electron chi connectivity index (χ4n) is 2.10. The van der Waals surface area contributed by atoms with Gasteiger partial charge in [-0.1, -0.05) is 44.7 Å². The van der Waals surface area contributed by atoms with Crippen LogP contribution in [-0.4, -0.2) is 16.5 Å². The molecule has 0 aliphatic heterocycles. The molecule has 1 heterocycles. The molecule has 5 heteroatoms. The number of carbonyl (C=O) groups excluding carboxylic acids is 1. The number of aromatic nitrogens is 1. The Morgan fingerprint density at radius 1 is 1.20 bits per heavy atom. The van der Waals surface area contributed by atoms with Gasteiger partial charge in [-0.2, -0.15) is 3.96 Å². The highest BCUT2D eigenvalue weighted by molar-refractivity contribution is 7.14. The number of nitrogens with zero attached hydrogens (tertiary/aromatic N) is 1. The van der Waals surface area contributed by atoms with E-state index in [1.165, 1.54) is 34.8 Å². The number of unbranched alkanes of at least 4 members (excludes halogenated alkanes) is 4. The highest BCUT2D eigenvalue weighted by atomic mass is 32.1. The Bertz CT molecular complexity index is 630. The Kier molecular flexibility index (Phi) is 5.35. The van der Waals surface area contributed by atoms with E-state index in [1.54, 1.807) is 6.07 Å². The van der Waals surface area contributed by atoms with E-state index in [4.69, 9.17) is 0 Å². The van der Waals surface area contributed by atoms with Gasteiger partial charge >= 0.3 is 6.03 Å². The molecule has 0 spiro atoms. The first kappa shape index (κ1) is 14.8. The van der Waals surface area contributed by atoms with Crippen molar-refractivity contribution in [1.82, 2.24) is 9.27 Å². The summed E-state index contributed by atoms with van der Waals surface area (Å²) in [4.78, 5) is 24.0. The van der Waals surface area contributed by atoms with Gasteiger partial charge in [-0.3, -0.25) is 4.79 Å². The normalized spacial score (nSPS) is 10.8. The van der Waals surface area contributed by atoms with Crippen LogP contribution in [0.5, 0.6) is 0 Å². The van der Waals surface area contributed by atoms with Gasteiger partial charge in [-0.05, 0) is 30.1 Å². The van der Waals surface area contributed by atoms with Crippen LogP contribution in [0.25, 0.3) is 10.1 Å². The minimum atomic E-state index is -0.313. The van der Waals surface area contributed by atoms with Gasteiger partial charge in [-0.25, -0.2) is 4.79 Å². The topological polar surface area (TPSA) is 51.1 Å². The first-order chi connectivity index (χ1) is 9.74. The fourth-order valence-corrected chi connectivity index (χ4v) is 3.02. The second-order valence-corrected chi connectivity index (χ2v) is 5.82. The molecule has 2 rings (SSSR count). The predicted molar refractivity (Wildman–Crippen MR) is 83.6 cm³/mol. The molecule has 0 aliphatic carbocycles. The van der Waals surface area contributed by atoms with Gasteiger partial charge in [0.1, 0.15) is 0 Å². The molecule has 1 amide bonds. The smallest absolute Gasteiger partial charge is 0.337 e. The molecule has 4 nitrogen and oxygen atoms in total. The Balaban J connectivity index is 1.91. The number of fused-ring (bicyclic) bond motifs is 1. The molecule has 0 bridgehead atoms. The molecule has 1 aromatic carbocycles. The molecule has 0 radical (unpaired) electrons. The summed E-state index contributed by atoms with van der Waals surface area (Å²) in [7, 11) is 0. The second-order valence-electron chi connectivity index (χ2n) is 4.83. The monoisotopic (exact) mass is 292 g/mol. The number of carbonyl (C=O) groups is 1. The molecule has 0 unspecified atom stereocenters. The molecule has 1 aromatic heterocycles. The van der Waals surface area contributed by atoms with Crippen LogP contribution in [0, 0.1) is 0 Å². The molecule has 0 saturated carbocycles. The Labute approximate surface area is 122 Å². The van der Waals surface area contributed by atoms with Gasteiger partial charge in [0.15, 0.2) is 0 Å². The number of hydrogen-bond acceptors (Lipinski definition) is 3. The van der Waals surface area contributed by atoms with Gasteiger partial charge in [0.05, 0.1) is 10.1 Å². The zero-order valence-corrected chi connectivity index (χ0v) is 12.5. The molecule has 108 valence electrons. The molecule has 0 fully saturated rings. The van der Waals surface area contributed by atoms with Crippen molar-refractivity contribution in [2.75, 3.05) is 6.54 Å². The molecule has 20 heavy (non-hydrogen) atoms. The second kappa shape index (κ2) is 7.24. The van der Waals surface area contributed by atoms with Gasteiger partial charge in [-0.15, -0.1) is 0 Å². The summed E-state index contributed by atoms with van der Waals surface area (Å²) in [5.74, 6) is 0. The third-order valence-corrected chi connectivity index (χ3v) is 4.30. The maximum Gasteiger partial charge on any atom is 0.338 e. The minimum absolute atomic E-state index is 0.228. The van der Waals surface area contributed by atoms with E-state index < -0.39 is 0 Å². The van der Waals surface area contributed by atoms with Crippen LogP contribution in [0.2, 0.25) is 0 Å². The third-order valence-electron chi connectivity index (χ3n) is 3.23. The highest BCUT2D eigenvalue weighted by Gasteiger charge is 2.12. The van der Waals surface area contributed by atoms with E-state index in [-0.39, 0.29) is 11.6 Å². The van der Waals surface area contributed by atoms with Crippen LogP contribution in [-0.2, 0) is 0 Å². The lowest BCUT2D eigenvalue weighted by molar-refractivity contribution is 0.243. The van der Waals surface area contributed by atoms with Crippen LogP contribution < -0.4 is 10.9 Å². The van der Waals surface area contributed by atoms with Crippen molar-refractivity contribution < 1.29 is 4.79 Å². The Hall–Kier alpha value is -1.62. The first-order valence-corrected chi connectivity index (χ1v) is 7.90. The largest absolute Gasteiger partial charge is 0.338 e. The quantitative estimate of drug-likeness (QED) is 0.827. The molecular formula is C15H20N2O2S. The summed E-state index contributed by atoms with van der Waals surface area (Å²) in [5.41, 5.74) is -0.228. The predicted octanol–water partition coefficient (Wildman–Crippen LogP) is 3.59. The molecule has 0 saturated heterocycles. The highest BCUT2D eigenvalue weighted by Crippen LogP contribution is 2.15. The summed E-state index contributed by atoms with van der Waals surface area (Å²) in [5, 5.41) is 3.42. The molecule has 0 aliphatic rings. The van der Waals surface area contributed by atoms with E-state index >= 15 is 0 Å². The van der Waals surface area contributed by atoms with Crippen molar-refractivity contribution in [1.29, 1.82) is 0 Å². The number of benzene rings is 1. The molecule has 2 aromatic rings. The average molecular weight is 292 g/mol. The summed E-state index contributed by atoms with van der Waals surface area (Å²) < 4.78 is 2.05. The number of hydrogen-bond donors (Lipinski definition) is 1. The van der Waals surface area contributed by atoms with Crippen molar-refractivity contribution >= 4 is 27.6 Å². The van der Waals surface area contributed by atoms with Crippen LogP contribution in [0.4, 0.5) is 4.79 Å². The van der Waals surface area contributed by atoms with Crippen molar-refractivity contribution in [2.24, 2.45) is 0 Å². The van der Waals surface area contributed by atoms with Crippen molar-refractivity contribution in [3.8, 4) is 0 Å². The van der Waals surface area contributed by atoms with Crippen LogP contribution in [0.15, 0.2) is 29.1 Å². The zero-order valence-electron chi connectivity index (χ0n) is 11.7. The third kappa shape index (κ3) is 3.48. The standard InChI is InChI=1S/C15H20N2O2S/c1-2-3-4-5-8-11-16-15(19)17-14(18)12-9-6-7-10-13(12)20-17/h6-7,9-10H,2-5,8,11H2,1H3,(H,16,19). The maximum absolute atomic E-state index is 12.1. The molecular weight excluding hydrogens is 272 g/mol. The fraction of sp³-hybridized carbons (Fsp3) is 0.467.